The number of cyclic esters (lactones) is 1. The van der Waals surface area contributed by atoms with Gasteiger partial charge in [-0.1, -0.05) is 23.9 Å². The fraction of sp³-hybridized carbons (Fsp3) is 0.400. The highest BCUT2D eigenvalue weighted by atomic mass is 32.2. The van der Waals surface area contributed by atoms with Gasteiger partial charge in [0.05, 0.1) is 20.1 Å². The van der Waals surface area contributed by atoms with Gasteiger partial charge < -0.3 is 18.8 Å². The quantitative estimate of drug-likeness (QED) is 0.718. The van der Waals surface area contributed by atoms with Crippen LogP contribution in [-0.4, -0.2) is 53.7 Å². The van der Waals surface area contributed by atoms with Crippen LogP contribution in [0.4, 0.5) is 4.79 Å². The Hall–Kier alpha value is -2.22. The Morgan fingerprint density at radius 3 is 3.09 bits per heavy atom. The van der Waals surface area contributed by atoms with Crippen LogP contribution in [0.2, 0.25) is 0 Å². The predicted molar refractivity (Wildman–Crippen MR) is 83.7 cm³/mol. The van der Waals surface area contributed by atoms with Crippen molar-refractivity contribution in [3.63, 3.8) is 0 Å². The number of methoxy groups -OCH3 is 1. The maximum Gasteiger partial charge on any atom is 0.409 e. The summed E-state index contributed by atoms with van der Waals surface area (Å²) in [6.07, 6.45) is 0.304. The molecule has 0 bridgehead atoms. The van der Waals surface area contributed by atoms with Crippen molar-refractivity contribution in [1.29, 1.82) is 0 Å². The highest BCUT2D eigenvalue weighted by Crippen LogP contribution is 2.20. The number of benzene rings is 1. The Labute approximate surface area is 138 Å². The first-order valence-corrected chi connectivity index (χ1v) is 8.23. The van der Waals surface area contributed by atoms with E-state index < -0.39 is 0 Å². The first-order valence-electron chi connectivity index (χ1n) is 7.24. The number of amides is 1. The summed E-state index contributed by atoms with van der Waals surface area (Å²) in [4.78, 5) is 13.0. The van der Waals surface area contributed by atoms with E-state index in [2.05, 4.69) is 10.2 Å². The normalized spacial score (nSPS) is 14.1. The summed E-state index contributed by atoms with van der Waals surface area (Å²) in [5.41, 5.74) is 1.05. The zero-order chi connectivity index (χ0) is 16.1. The summed E-state index contributed by atoms with van der Waals surface area (Å²) in [5.74, 6) is 2.05. The van der Waals surface area contributed by atoms with E-state index in [4.69, 9.17) is 13.9 Å². The Balaban J connectivity index is 1.50. The Morgan fingerprint density at radius 2 is 2.30 bits per heavy atom. The zero-order valence-electron chi connectivity index (χ0n) is 12.7. The van der Waals surface area contributed by atoms with Crippen LogP contribution in [0.3, 0.4) is 0 Å². The molecule has 0 aliphatic carbocycles. The Bertz CT molecular complexity index is 676. The molecule has 1 fully saturated rings. The molecule has 1 aliphatic heterocycles. The molecule has 122 valence electrons. The van der Waals surface area contributed by atoms with Crippen LogP contribution in [0.25, 0.3) is 0 Å². The highest BCUT2D eigenvalue weighted by Gasteiger charge is 2.21. The number of aromatic nitrogens is 2. The number of carbonyl (C=O) groups excluding carboxylic acids is 1. The second-order valence-corrected chi connectivity index (χ2v) is 5.99. The van der Waals surface area contributed by atoms with E-state index in [1.807, 2.05) is 24.3 Å². The van der Waals surface area contributed by atoms with E-state index in [9.17, 15) is 4.79 Å². The molecule has 7 nitrogen and oxygen atoms in total. The third-order valence-electron chi connectivity index (χ3n) is 3.37. The third-order valence-corrected chi connectivity index (χ3v) is 4.17. The lowest BCUT2D eigenvalue weighted by Gasteiger charge is -2.10. The van der Waals surface area contributed by atoms with Gasteiger partial charge in [0.15, 0.2) is 0 Å². The molecule has 1 aromatic heterocycles. The lowest BCUT2D eigenvalue weighted by atomic mass is 10.1. The molecular formula is C15H17N3O4S. The zero-order valence-corrected chi connectivity index (χ0v) is 13.5. The molecule has 0 saturated carbocycles. The largest absolute Gasteiger partial charge is 0.497 e. The van der Waals surface area contributed by atoms with Gasteiger partial charge in [0.1, 0.15) is 12.4 Å². The van der Waals surface area contributed by atoms with Gasteiger partial charge in [-0.2, -0.15) is 0 Å². The number of hydrogen-bond acceptors (Lipinski definition) is 7. The fourth-order valence-electron chi connectivity index (χ4n) is 2.20. The van der Waals surface area contributed by atoms with Crippen molar-refractivity contribution in [3.8, 4) is 5.75 Å². The van der Waals surface area contributed by atoms with E-state index in [-0.39, 0.29) is 6.09 Å². The average molecular weight is 335 g/mol. The molecule has 0 spiro atoms. The van der Waals surface area contributed by atoms with Gasteiger partial charge in [-0.05, 0) is 17.7 Å². The summed E-state index contributed by atoms with van der Waals surface area (Å²) in [5, 5.41) is 8.58. The summed E-state index contributed by atoms with van der Waals surface area (Å²) >= 11 is 1.43. The summed E-state index contributed by atoms with van der Waals surface area (Å²) in [6, 6.07) is 7.74. The lowest BCUT2D eigenvalue weighted by molar-refractivity contribution is 0.160. The van der Waals surface area contributed by atoms with E-state index >= 15 is 0 Å². The molecule has 0 N–H and O–H groups in total. The van der Waals surface area contributed by atoms with Crippen molar-refractivity contribution in [3.05, 3.63) is 35.7 Å². The van der Waals surface area contributed by atoms with Crippen molar-refractivity contribution >= 4 is 17.9 Å². The van der Waals surface area contributed by atoms with Gasteiger partial charge in [-0.25, -0.2) is 4.79 Å². The monoisotopic (exact) mass is 335 g/mol. The molecule has 1 saturated heterocycles. The van der Waals surface area contributed by atoms with Gasteiger partial charge in [-0.3, -0.25) is 0 Å². The maximum atomic E-state index is 11.3. The van der Waals surface area contributed by atoms with Crippen molar-refractivity contribution in [1.82, 2.24) is 15.1 Å². The number of thioether (sulfide) groups is 1. The van der Waals surface area contributed by atoms with Crippen LogP contribution in [0, 0.1) is 0 Å². The molecule has 2 heterocycles. The maximum absolute atomic E-state index is 11.3. The molecule has 1 amide bonds. The Kier molecular flexibility index (Phi) is 5.02. The van der Waals surface area contributed by atoms with Crippen LogP contribution in [-0.2, 0) is 11.2 Å². The van der Waals surface area contributed by atoms with Crippen LogP contribution < -0.4 is 4.74 Å². The van der Waals surface area contributed by atoms with E-state index in [0.29, 0.717) is 43.0 Å². The van der Waals surface area contributed by atoms with Gasteiger partial charge in [0.25, 0.3) is 5.22 Å². The van der Waals surface area contributed by atoms with E-state index in [1.165, 1.54) is 11.8 Å². The molecule has 23 heavy (non-hydrogen) atoms. The van der Waals surface area contributed by atoms with Crippen molar-refractivity contribution in [2.24, 2.45) is 0 Å². The smallest absolute Gasteiger partial charge is 0.409 e. The summed E-state index contributed by atoms with van der Waals surface area (Å²) < 4.78 is 15.7. The minimum Gasteiger partial charge on any atom is -0.497 e. The number of rotatable bonds is 7. The van der Waals surface area contributed by atoms with Crippen LogP contribution in [0.15, 0.2) is 33.9 Å². The standard InChI is InChI=1S/C15H17N3O4S/c1-20-12-4-2-3-11(9-12)10-13-16-17-14(22-13)23-8-6-18-5-7-21-15(18)19/h2-4,9H,5-8,10H2,1H3. The van der Waals surface area contributed by atoms with Gasteiger partial charge in [0, 0.05) is 12.3 Å². The number of ether oxygens (including phenoxy) is 2. The van der Waals surface area contributed by atoms with Crippen molar-refractivity contribution in [2.75, 3.05) is 32.6 Å². The van der Waals surface area contributed by atoms with E-state index in [0.717, 1.165) is 11.3 Å². The number of hydrogen-bond donors (Lipinski definition) is 0. The minimum atomic E-state index is -0.255. The molecule has 0 atom stereocenters. The topological polar surface area (TPSA) is 77.7 Å². The number of carbonyl (C=O) groups is 1. The van der Waals surface area contributed by atoms with Crippen LogP contribution in [0.1, 0.15) is 11.5 Å². The van der Waals surface area contributed by atoms with Crippen LogP contribution >= 0.6 is 11.8 Å². The second kappa shape index (κ2) is 7.36. The van der Waals surface area contributed by atoms with Crippen molar-refractivity contribution in [2.45, 2.75) is 11.6 Å². The summed E-state index contributed by atoms with van der Waals surface area (Å²) in [7, 11) is 1.64. The molecule has 2 aromatic rings. The predicted octanol–water partition coefficient (Wildman–Crippen LogP) is 2.21. The average Bonchev–Trinajstić information content (AvgIpc) is 3.17. The third kappa shape index (κ3) is 4.16. The van der Waals surface area contributed by atoms with Gasteiger partial charge in [0.2, 0.25) is 5.89 Å². The molecule has 0 unspecified atom stereocenters. The molecule has 8 heteroatoms. The molecule has 0 radical (unpaired) electrons. The molecule has 1 aromatic carbocycles. The van der Waals surface area contributed by atoms with Crippen LogP contribution in [0.5, 0.6) is 5.75 Å². The minimum absolute atomic E-state index is 0.255. The first-order chi connectivity index (χ1) is 11.2. The summed E-state index contributed by atoms with van der Waals surface area (Å²) in [6.45, 7) is 1.72. The SMILES string of the molecule is COc1cccc(Cc2nnc(SCCN3CCOC3=O)o2)c1. The van der Waals surface area contributed by atoms with E-state index in [1.54, 1.807) is 12.0 Å². The van der Waals surface area contributed by atoms with Crippen molar-refractivity contribution < 1.29 is 18.7 Å². The highest BCUT2D eigenvalue weighted by molar-refractivity contribution is 7.99. The molecule has 1 aliphatic rings. The molecular weight excluding hydrogens is 318 g/mol. The fourth-order valence-corrected chi connectivity index (χ4v) is 2.94. The number of nitrogens with zero attached hydrogens (tertiary/aromatic N) is 3. The second-order valence-electron chi connectivity index (χ2n) is 4.94. The lowest BCUT2D eigenvalue weighted by Crippen LogP contribution is -2.26. The first kappa shape index (κ1) is 15.7. The molecule has 3 rings (SSSR count). The Morgan fingerprint density at radius 1 is 1.39 bits per heavy atom. The van der Waals surface area contributed by atoms with Gasteiger partial charge in [-0.15, -0.1) is 10.2 Å². The van der Waals surface area contributed by atoms with Gasteiger partial charge >= 0.3 is 6.09 Å².